The van der Waals surface area contributed by atoms with E-state index in [0.29, 0.717) is 33.2 Å². The first-order valence-electron chi connectivity index (χ1n) is 9.11. The lowest BCUT2D eigenvalue weighted by molar-refractivity contribution is -0.116. The molecule has 2 heterocycles. The van der Waals surface area contributed by atoms with E-state index in [0.717, 1.165) is 11.3 Å². The average molecular weight is 432 g/mol. The highest BCUT2D eigenvalue weighted by Crippen LogP contribution is 2.24. The number of carbonyl (C=O) groups is 2. The number of aromatic nitrogens is 2. The number of ether oxygens (including phenoxy) is 1. The normalized spacial score (nSPS) is 10.9. The maximum atomic E-state index is 12.9. The van der Waals surface area contributed by atoms with Crippen LogP contribution in [-0.2, 0) is 22.5 Å². The summed E-state index contributed by atoms with van der Waals surface area (Å²) in [4.78, 5) is 43.4. The van der Waals surface area contributed by atoms with Crippen LogP contribution in [0.1, 0.15) is 29.1 Å². The third kappa shape index (κ3) is 4.68. The van der Waals surface area contributed by atoms with Crippen LogP contribution in [0.5, 0.6) is 0 Å². The summed E-state index contributed by atoms with van der Waals surface area (Å²) < 4.78 is 6.33. The van der Waals surface area contributed by atoms with E-state index in [-0.39, 0.29) is 18.0 Å². The highest BCUT2D eigenvalue weighted by molar-refractivity contribution is 7.98. The van der Waals surface area contributed by atoms with Gasteiger partial charge in [-0.2, -0.15) is 0 Å². The molecule has 0 radical (unpaired) electrons. The van der Waals surface area contributed by atoms with Gasteiger partial charge in [-0.25, -0.2) is 9.78 Å². The maximum Gasteiger partial charge on any atom is 0.338 e. The number of fused-ring (bicyclic) bond motifs is 1. The molecule has 152 valence electrons. The third-order valence-corrected chi connectivity index (χ3v) is 6.03. The quantitative estimate of drug-likeness (QED) is 0.349. The monoisotopic (exact) mass is 431 g/mol. The molecule has 29 heavy (non-hydrogen) atoms. The smallest absolute Gasteiger partial charge is 0.338 e. The van der Waals surface area contributed by atoms with E-state index >= 15 is 0 Å². The van der Waals surface area contributed by atoms with E-state index in [9.17, 15) is 14.4 Å². The molecule has 1 amide bonds. The van der Waals surface area contributed by atoms with Crippen molar-refractivity contribution in [1.29, 1.82) is 0 Å². The molecule has 0 fully saturated rings. The molecule has 0 aliphatic heterocycles. The Balaban J connectivity index is 1.80. The molecule has 0 aliphatic rings. The molecule has 0 saturated carbocycles. The highest BCUT2D eigenvalue weighted by atomic mass is 32.2. The van der Waals surface area contributed by atoms with E-state index in [1.54, 1.807) is 31.2 Å². The molecule has 0 bridgehead atoms. The Hall–Kier alpha value is -2.65. The molecule has 9 heteroatoms. The second-order valence-electron chi connectivity index (χ2n) is 6.12. The molecule has 0 spiro atoms. The second-order valence-corrected chi connectivity index (χ2v) is 8.01. The Bertz CT molecular complexity index is 1100. The molecule has 0 unspecified atom stereocenters. The van der Waals surface area contributed by atoms with Crippen LogP contribution in [0.25, 0.3) is 10.2 Å². The minimum absolute atomic E-state index is 0.144. The lowest BCUT2D eigenvalue weighted by Crippen LogP contribution is -2.29. The molecule has 3 rings (SSSR count). The summed E-state index contributed by atoms with van der Waals surface area (Å²) in [6.45, 7) is 3.92. The molecule has 0 aliphatic carbocycles. The van der Waals surface area contributed by atoms with Crippen molar-refractivity contribution in [3.8, 4) is 0 Å². The topological polar surface area (TPSA) is 90.3 Å². The Morgan fingerprint density at radius 1 is 1.24 bits per heavy atom. The fourth-order valence-corrected chi connectivity index (χ4v) is 4.33. The van der Waals surface area contributed by atoms with Gasteiger partial charge >= 0.3 is 5.97 Å². The largest absolute Gasteiger partial charge is 0.462 e. The molecule has 3 aromatic rings. The SMILES string of the molecule is CCOC(=O)c1ccc(NC(=O)Cn2c(SC)nc3sc(CC)cc3c2=O)cc1. The minimum Gasteiger partial charge on any atom is -0.462 e. The first-order chi connectivity index (χ1) is 14.0. The standard InChI is InChI=1S/C20H21N3O4S2/c1-4-14-10-15-17(29-14)22-20(28-3)23(18(15)25)11-16(24)21-13-8-6-12(7-9-13)19(26)27-5-2/h6-10H,4-5,11H2,1-3H3,(H,21,24). The molecular formula is C20H21N3O4S2. The summed E-state index contributed by atoms with van der Waals surface area (Å²) in [5.74, 6) is -0.762. The van der Waals surface area contributed by atoms with Gasteiger partial charge in [0.2, 0.25) is 5.91 Å². The van der Waals surface area contributed by atoms with Gasteiger partial charge in [-0.3, -0.25) is 14.2 Å². The van der Waals surface area contributed by atoms with Gasteiger partial charge in [0.15, 0.2) is 5.16 Å². The maximum absolute atomic E-state index is 12.9. The van der Waals surface area contributed by atoms with E-state index in [4.69, 9.17) is 4.74 Å². The van der Waals surface area contributed by atoms with Gasteiger partial charge < -0.3 is 10.1 Å². The number of anilines is 1. The van der Waals surface area contributed by atoms with Gasteiger partial charge in [0, 0.05) is 10.6 Å². The van der Waals surface area contributed by atoms with Gasteiger partial charge in [-0.05, 0) is 49.9 Å². The summed E-state index contributed by atoms with van der Waals surface area (Å²) in [5, 5.41) is 3.78. The number of thioether (sulfide) groups is 1. The van der Waals surface area contributed by atoms with Crippen molar-refractivity contribution in [2.45, 2.75) is 32.0 Å². The Kier molecular flexibility index (Phi) is 6.71. The molecule has 0 atom stereocenters. The van der Waals surface area contributed by atoms with E-state index in [2.05, 4.69) is 10.3 Å². The first kappa shape index (κ1) is 21.1. The minimum atomic E-state index is -0.414. The summed E-state index contributed by atoms with van der Waals surface area (Å²) >= 11 is 2.83. The average Bonchev–Trinajstić information content (AvgIpc) is 3.14. The zero-order valence-electron chi connectivity index (χ0n) is 16.4. The van der Waals surface area contributed by atoms with Crippen LogP contribution in [0.15, 0.2) is 40.3 Å². The predicted molar refractivity (Wildman–Crippen MR) is 116 cm³/mol. The number of carbonyl (C=O) groups excluding carboxylic acids is 2. The van der Waals surface area contributed by atoms with Crippen molar-refractivity contribution in [2.24, 2.45) is 0 Å². The van der Waals surface area contributed by atoms with Crippen molar-refractivity contribution in [1.82, 2.24) is 9.55 Å². The first-order valence-corrected chi connectivity index (χ1v) is 11.1. The van der Waals surface area contributed by atoms with Crippen molar-refractivity contribution in [2.75, 3.05) is 18.2 Å². The van der Waals surface area contributed by atoms with Gasteiger partial charge in [0.05, 0.1) is 17.6 Å². The van der Waals surface area contributed by atoms with Gasteiger partial charge in [-0.1, -0.05) is 18.7 Å². The van der Waals surface area contributed by atoms with Crippen LogP contribution < -0.4 is 10.9 Å². The number of esters is 1. The summed E-state index contributed by atoms with van der Waals surface area (Å²) in [6.07, 6.45) is 2.65. The van der Waals surface area contributed by atoms with Crippen LogP contribution in [0.3, 0.4) is 0 Å². The fourth-order valence-electron chi connectivity index (χ4n) is 2.76. The van der Waals surface area contributed by atoms with Crippen molar-refractivity contribution < 1.29 is 14.3 Å². The van der Waals surface area contributed by atoms with E-state index in [1.165, 1.54) is 27.7 Å². The molecule has 7 nitrogen and oxygen atoms in total. The summed E-state index contributed by atoms with van der Waals surface area (Å²) in [5.41, 5.74) is 0.715. The number of nitrogens with zero attached hydrogens (tertiary/aromatic N) is 2. The zero-order valence-corrected chi connectivity index (χ0v) is 18.0. The molecular weight excluding hydrogens is 410 g/mol. The number of thiophene rings is 1. The third-order valence-electron chi connectivity index (χ3n) is 4.18. The van der Waals surface area contributed by atoms with Crippen molar-refractivity contribution in [3.05, 3.63) is 51.1 Å². The number of rotatable bonds is 7. The number of nitrogens with one attached hydrogen (secondary N) is 1. The highest BCUT2D eigenvalue weighted by Gasteiger charge is 2.16. The van der Waals surface area contributed by atoms with Crippen LogP contribution in [0.2, 0.25) is 0 Å². The predicted octanol–water partition coefficient (Wildman–Crippen LogP) is 3.56. The lowest BCUT2D eigenvalue weighted by Gasteiger charge is -2.11. The van der Waals surface area contributed by atoms with E-state index in [1.807, 2.05) is 19.2 Å². The van der Waals surface area contributed by atoms with Crippen LogP contribution >= 0.6 is 23.1 Å². The number of hydrogen-bond donors (Lipinski definition) is 1. The molecule has 1 N–H and O–H groups in total. The number of hydrogen-bond acceptors (Lipinski definition) is 7. The van der Waals surface area contributed by atoms with Gasteiger partial charge in [0.1, 0.15) is 11.4 Å². The number of benzene rings is 1. The van der Waals surface area contributed by atoms with Crippen LogP contribution in [0, 0.1) is 0 Å². The molecule has 2 aromatic heterocycles. The summed E-state index contributed by atoms with van der Waals surface area (Å²) in [7, 11) is 0. The molecule has 0 saturated heterocycles. The fraction of sp³-hybridized carbons (Fsp3) is 0.300. The van der Waals surface area contributed by atoms with Gasteiger partial charge in [-0.15, -0.1) is 11.3 Å². The van der Waals surface area contributed by atoms with E-state index < -0.39 is 5.97 Å². The van der Waals surface area contributed by atoms with Crippen molar-refractivity contribution in [3.63, 3.8) is 0 Å². The number of amides is 1. The lowest BCUT2D eigenvalue weighted by atomic mass is 10.2. The summed E-state index contributed by atoms with van der Waals surface area (Å²) in [6, 6.07) is 8.26. The molecule has 1 aromatic carbocycles. The Labute approximate surface area is 176 Å². The van der Waals surface area contributed by atoms with Crippen molar-refractivity contribution >= 4 is 50.9 Å². The Morgan fingerprint density at radius 3 is 2.59 bits per heavy atom. The Morgan fingerprint density at radius 2 is 1.97 bits per heavy atom. The van der Waals surface area contributed by atoms with Crippen LogP contribution in [0.4, 0.5) is 5.69 Å². The van der Waals surface area contributed by atoms with Crippen LogP contribution in [-0.4, -0.2) is 34.3 Å². The van der Waals surface area contributed by atoms with Gasteiger partial charge in [0.25, 0.3) is 5.56 Å². The second kappa shape index (κ2) is 9.23. The zero-order chi connectivity index (χ0) is 21.0. The number of aryl methyl sites for hydroxylation is 1.